The van der Waals surface area contributed by atoms with E-state index in [1.807, 2.05) is 0 Å². The molecule has 0 saturated heterocycles. The van der Waals surface area contributed by atoms with E-state index < -0.39 is 0 Å². The highest BCUT2D eigenvalue weighted by Gasteiger charge is 2.23. The Hall–Kier alpha value is -0.0400. The second kappa shape index (κ2) is 3.38. The van der Waals surface area contributed by atoms with Crippen molar-refractivity contribution in [1.82, 2.24) is 0 Å². The number of hydrogen-bond acceptors (Lipinski definition) is 1. The van der Waals surface area contributed by atoms with Crippen molar-refractivity contribution in [2.75, 3.05) is 0 Å². The second-order valence-corrected chi connectivity index (χ2v) is 3.75. The van der Waals surface area contributed by atoms with Gasteiger partial charge in [-0.25, -0.2) is 0 Å². The van der Waals surface area contributed by atoms with Crippen molar-refractivity contribution in [3.05, 3.63) is 0 Å². The first kappa shape index (κ1) is 8.06. The lowest BCUT2D eigenvalue weighted by molar-refractivity contribution is 0.240. The van der Waals surface area contributed by atoms with Crippen LogP contribution in [-0.4, -0.2) is 6.04 Å². The Morgan fingerprint density at radius 3 is 2.60 bits per heavy atom. The van der Waals surface area contributed by atoms with Gasteiger partial charge < -0.3 is 5.73 Å². The Kier molecular flexibility index (Phi) is 2.72. The van der Waals surface area contributed by atoms with E-state index in [2.05, 4.69) is 13.8 Å². The zero-order valence-corrected chi connectivity index (χ0v) is 7.14. The molecule has 3 atom stereocenters. The Bertz CT molecular complexity index is 101. The molecule has 0 aromatic heterocycles. The molecule has 2 N–H and O–H groups in total. The van der Waals surface area contributed by atoms with E-state index in [0.717, 1.165) is 11.8 Å². The van der Waals surface area contributed by atoms with Crippen LogP contribution in [0.3, 0.4) is 0 Å². The minimum absolute atomic E-state index is 0.501. The molecule has 1 saturated carbocycles. The number of hydrogen-bond donors (Lipinski definition) is 1. The van der Waals surface area contributed by atoms with Crippen LogP contribution >= 0.6 is 0 Å². The first-order valence-electron chi connectivity index (χ1n) is 4.49. The monoisotopic (exact) mass is 141 g/mol. The lowest BCUT2D eigenvalue weighted by Crippen LogP contribution is -2.35. The van der Waals surface area contributed by atoms with Gasteiger partial charge in [0.25, 0.3) is 0 Å². The van der Waals surface area contributed by atoms with Crippen molar-refractivity contribution in [3.63, 3.8) is 0 Å². The van der Waals surface area contributed by atoms with Crippen molar-refractivity contribution in [3.8, 4) is 0 Å². The number of rotatable bonds is 1. The summed E-state index contributed by atoms with van der Waals surface area (Å²) in [5.41, 5.74) is 5.95. The van der Waals surface area contributed by atoms with Gasteiger partial charge in [-0.3, -0.25) is 0 Å². The van der Waals surface area contributed by atoms with Crippen molar-refractivity contribution >= 4 is 0 Å². The molecule has 1 aliphatic carbocycles. The molecule has 1 aliphatic rings. The molecule has 60 valence electrons. The van der Waals surface area contributed by atoms with Crippen LogP contribution in [0.4, 0.5) is 0 Å². The van der Waals surface area contributed by atoms with Gasteiger partial charge >= 0.3 is 0 Å². The minimum atomic E-state index is 0.501. The highest BCUT2D eigenvalue weighted by atomic mass is 14.7. The van der Waals surface area contributed by atoms with Crippen molar-refractivity contribution in [1.29, 1.82) is 0 Å². The van der Waals surface area contributed by atoms with Gasteiger partial charge in [0, 0.05) is 6.04 Å². The fraction of sp³-hybridized carbons (Fsp3) is 1.00. The fourth-order valence-corrected chi connectivity index (χ4v) is 1.99. The third-order valence-corrected chi connectivity index (χ3v) is 2.83. The van der Waals surface area contributed by atoms with Gasteiger partial charge in [-0.15, -0.1) is 0 Å². The molecule has 0 heterocycles. The standard InChI is InChI=1S/C9H19N/c1-3-8-6-7(2)4-5-9(8)10/h7-9H,3-6,10H2,1-2H3/t7?,8?,9-/m1/s1. The van der Waals surface area contributed by atoms with E-state index in [0.29, 0.717) is 6.04 Å². The van der Waals surface area contributed by atoms with Crippen molar-refractivity contribution in [2.24, 2.45) is 17.6 Å². The molecule has 0 amide bonds. The highest BCUT2D eigenvalue weighted by molar-refractivity contribution is 4.79. The molecule has 0 aromatic carbocycles. The van der Waals surface area contributed by atoms with E-state index >= 15 is 0 Å². The van der Waals surface area contributed by atoms with Crippen LogP contribution in [0, 0.1) is 11.8 Å². The summed E-state index contributed by atoms with van der Waals surface area (Å²) in [6, 6.07) is 0.501. The quantitative estimate of drug-likeness (QED) is 0.595. The molecule has 0 spiro atoms. The van der Waals surface area contributed by atoms with Crippen LogP contribution in [0.25, 0.3) is 0 Å². The largest absolute Gasteiger partial charge is 0.327 e. The summed E-state index contributed by atoms with van der Waals surface area (Å²) in [5.74, 6) is 1.73. The normalized spacial score (nSPS) is 41.7. The molecule has 10 heavy (non-hydrogen) atoms. The molecule has 0 aromatic rings. The van der Waals surface area contributed by atoms with E-state index in [1.165, 1.54) is 25.7 Å². The Balaban J connectivity index is 2.38. The molecule has 2 unspecified atom stereocenters. The molecule has 1 nitrogen and oxygen atoms in total. The topological polar surface area (TPSA) is 26.0 Å². The summed E-state index contributed by atoms with van der Waals surface area (Å²) < 4.78 is 0. The van der Waals surface area contributed by atoms with Crippen LogP contribution in [0.5, 0.6) is 0 Å². The van der Waals surface area contributed by atoms with Crippen molar-refractivity contribution < 1.29 is 0 Å². The summed E-state index contributed by atoms with van der Waals surface area (Å²) >= 11 is 0. The Labute approximate surface area is 64.0 Å². The molecule has 0 aliphatic heterocycles. The third-order valence-electron chi connectivity index (χ3n) is 2.83. The maximum Gasteiger partial charge on any atom is 0.00672 e. The van der Waals surface area contributed by atoms with Crippen LogP contribution in [0.1, 0.15) is 39.5 Å². The van der Waals surface area contributed by atoms with Crippen LogP contribution in [-0.2, 0) is 0 Å². The molecule has 1 heteroatoms. The van der Waals surface area contributed by atoms with Gasteiger partial charge in [-0.2, -0.15) is 0 Å². The smallest absolute Gasteiger partial charge is 0.00672 e. The van der Waals surface area contributed by atoms with Gasteiger partial charge in [0.15, 0.2) is 0 Å². The lowest BCUT2D eigenvalue weighted by Gasteiger charge is -2.31. The van der Waals surface area contributed by atoms with Gasteiger partial charge in [-0.05, 0) is 31.1 Å². The van der Waals surface area contributed by atoms with Gasteiger partial charge in [0.05, 0.1) is 0 Å². The highest BCUT2D eigenvalue weighted by Crippen LogP contribution is 2.29. The summed E-state index contributed by atoms with van der Waals surface area (Å²) in [6.07, 6.45) is 5.22. The van der Waals surface area contributed by atoms with Crippen LogP contribution in [0.15, 0.2) is 0 Å². The molecule has 1 rings (SSSR count). The third kappa shape index (κ3) is 1.72. The molecule has 1 fully saturated rings. The SMILES string of the molecule is CCC1CC(C)CC[C@H]1N. The van der Waals surface area contributed by atoms with Gasteiger partial charge in [0.1, 0.15) is 0 Å². The molecular formula is C9H19N. The first-order valence-corrected chi connectivity index (χ1v) is 4.49. The summed E-state index contributed by atoms with van der Waals surface area (Å²) in [6.45, 7) is 4.59. The molecular weight excluding hydrogens is 122 g/mol. The van der Waals surface area contributed by atoms with Gasteiger partial charge in [0.2, 0.25) is 0 Å². The first-order chi connectivity index (χ1) is 4.74. The van der Waals surface area contributed by atoms with E-state index in [1.54, 1.807) is 0 Å². The Morgan fingerprint density at radius 2 is 2.10 bits per heavy atom. The van der Waals surface area contributed by atoms with Crippen LogP contribution in [0.2, 0.25) is 0 Å². The predicted molar refractivity (Wildman–Crippen MR) is 44.8 cm³/mol. The average Bonchev–Trinajstić information content (AvgIpc) is 1.94. The van der Waals surface area contributed by atoms with E-state index in [-0.39, 0.29) is 0 Å². The van der Waals surface area contributed by atoms with Gasteiger partial charge in [-0.1, -0.05) is 20.3 Å². The summed E-state index contributed by atoms with van der Waals surface area (Å²) in [7, 11) is 0. The minimum Gasteiger partial charge on any atom is -0.327 e. The lowest BCUT2D eigenvalue weighted by atomic mass is 9.78. The molecule has 0 bridgehead atoms. The number of nitrogens with two attached hydrogens (primary N) is 1. The zero-order valence-electron chi connectivity index (χ0n) is 7.14. The van der Waals surface area contributed by atoms with E-state index in [4.69, 9.17) is 5.73 Å². The van der Waals surface area contributed by atoms with E-state index in [9.17, 15) is 0 Å². The predicted octanol–water partition coefficient (Wildman–Crippen LogP) is 2.16. The maximum absolute atomic E-state index is 5.95. The van der Waals surface area contributed by atoms with Crippen molar-refractivity contribution in [2.45, 2.75) is 45.6 Å². The second-order valence-electron chi connectivity index (χ2n) is 3.75. The van der Waals surface area contributed by atoms with Crippen LogP contribution < -0.4 is 5.73 Å². The summed E-state index contributed by atoms with van der Waals surface area (Å²) in [5, 5.41) is 0. The summed E-state index contributed by atoms with van der Waals surface area (Å²) in [4.78, 5) is 0. The zero-order chi connectivity index (χ0) is 7.56. The molecule has 0 radical (unpaired) electrons. The maximum atomic E-state index is 5.95. The Morgan fingerprint density at radius 1 is 1.40 bits per heavy atom. The fourth-order valence-electron chi connectivity index (χ4n) is 1.99. The average molecular weight is 141 g/mol.